The van der Waals surface area contributed by atoms with Crippen LogP contribution in [0.5, 0.6) is 0 Å². The fourth-order valence-electron chi connectivity index (χ4n) is 1.58. The Morgan fingerprint density at radius 2 is 0.963 bits per heavy atom. The van der Waals surface area contributed by atoms with Crippen molar-refractivity contribution in [2.24, 2.45) is 0 Å². The van der Waals surface area contributed by atoms with Crippen molar-refractivity contribution in [3.63, 3.8) is 0 Å². The van der Waals surface area contributed by atoms with Gasteiger partial charge in [-0.1, -0.05) is 0 Å². The van der Waals surface area contributed by atoms with Crippen molar-refractivity contribution in [3.05, 3.63) is 0 Å². The molecule has 27 heavy (non-hydrogen) atoms. The molecule has 17 heteroatoms. The molecule has 0 aromatic heterocycles. The summed E-state index contributed by atoms with van der Waals surface area (Å²) in [5.74, 6) is -38.7. The van der Waals surface area contributed by atoms with Crippen LogP contribution in [0.25, 0.3) is 0 Å². The molecular formula is C10H8F13O3S-. The predicted octanol–water partition coefficient (Wildman–Crippen LogP) is 4.44. The highest BCUT2D eigenvalue weighted by atomic mass is 32.2. The number of halogens is 13. The maximum Gasteiger partial charge on any atom is 0.460 e. The summed E-state index contributed by atoms with van der Waals surface area (Å²) < 4.78 is 196. The van der Waals surface area contributed by atoms with Crippen LogP contribution in [0, 0.1) is 0 Å². The number of rotatable bonds is 9. The molecule has 0 aromatic rings. The molecule has 0 aliphatic rings. The second-order valence-corrected chi connectivity index (χ2v) is 6.74. The van der Waals surface area contributed by atoms with E-state index < -0.39 is 70.9 Å². The minimum Gasteiger partial charge on any atom is -0.748 e. The van der Waals surface area contributed by atoms with E-state index in [9.17, 15) is 70.0 Å². The first kappa shape index (κ1) is 26.0. The van der Waals surface area contributed by atoms with E-state index in [2.05, 4.69) is 0 Å². The van der Waals surface area contributed by atoms with Gasteiger partial charge < -0.3 is 4.55 Å². The molecule has 0 rings (SSSR count). The number of alkyl halides is 13. The lowest BCUT2D eigenvalue weighted by Crippen LogP contribution is -2.70. The largest absolute Gasteiger partial charge is 0.748 e. The predicted molar refractivity (Wildman–Crippen MR) is 59.2 cm³/mol. The van der Waals surface area contributed by atoms with Gasteiger partial charge in [-0.25, -0.2) is 8.42 Å². The first-order chi connectivity index (χ1) is 11.5. The van der Waals surface area contributed by atoms with E-state index in [4.69, 9.17) is 0 Å². The summed E-state index contributed by atoms with van der Waals surface area (Å²) in [6, 6.07) is 0. The quantitative estimate of drug-likeness (QED) is 0.294. The van der Waals surface area contributed by atoms with E-state index in [1.807, 2.05) is 0 Å². The van der Waals surface area contributed by atoms with Crippen molar-refractivity contribution < 1.29 is 70.0 Å². The van der Waals surface area contributed by atoms with E-state index in [-0.39, 0.29) is 0 Å². The molecule has 0 atom stereocenters. The van der Waals surface area contributed by atoms with Gasteiger partial charge >= 0.3 is 35.8 Å². The summed E-state index contributed by atoms with van der Waals surface area (Å²) in [5, 5.41) is 0. The van der Waals surface area contributed by atoms with Crippen LogP contribution < -0.4 is 0 Å². The summed E-state index contributed by atoms with van der Waals surface area (Å²) in [5.41, 5.74) is 0. The summed E-state index contributed by atoms with van der Waals surface area (Å²) in [6.07, 6.45) is -12.6. The fraction of sp³-hybridized carbons (Fsp3) is 1.00. The van der Waals surface area contributed by atoms with Gasteiger partial charge in [0.2, 0.25) is 0 Å². The van der Waals surface area contributed by atoms with Crippen molar-refractivity contribution in [1.29, 1.82) is 0 Å². The minimum atomic E-state index is -7.97. The van der Waals surface area contributed by atoms with E-state index in [0.717, 1.165) is 0 Å². The van der Waals surface area contributed by atoms with Crippen LogP contribution in [-0.2, 0) is 10.1 Å². The van der Waals surface area contributed by atoms with Gasteiger partial charge in [-0.15, -0.1) is 0 Å². The smallest absolute Gasteiger partial charge is 0.460 e. The second kappa shape index (κ2) is 7.11. The molecule has 164 valence electrons. The summed E-state index contributed by atoms with van der Waals surface area (Å²) in [6.45, 7) is 0. The lowest BCUT2D eigenvalue weighted by atomic mass is 9.92. The van der Waals surface area contributed by atoms with Crippen LogP contribution in [0.15, 0.2) is 0 Å². The Morgan fingerprint density at radius 3 is 1.30 bits per heavy atom. The van der Waals surface area contributed by atoms with Crippen molar-refractivity contribution >= 4 is 10.1 Å². The fourth-order valence-corrected chi connectivity index (χ4v) is 2.14. The Balaban J connectivity index is 5.74. The van der Waals surface area contributed by atoms with Gasteiger partial charge in [0.15, 0.2) is 0 Å². The highest BCUT2D eigenvalue weighted by Gasteiger charge is 2.90. The average Bonchev–Trinajstić information content (AvgIpc) is 2.40. The van der Waals surface area contributed by atoms with Gasteiger partial charge in [0.25, 0.3) is 0 Å². The first-order valence-electron chi connectivity index (χ1n) is 6.35. The molecule has 0 radical (unpaired) electrons. The van der Waals surface area contributed by atoms with Crippen molar-refractivity contribution in [3.8, 4) is 0 Å². The lowest BCUT2D eigenvalue weighted by molar-refractivity contribution is -0.440. The van der Waals surface area contributed by atoms with Gasteiger partial charge in [0, 0.05) is 12.2 Å². The molecule has 0 heterocycles. The van der Waals surface area contributed by atoms with Crippen molar-refractivity contribution in [2.75, 3.05) is 5.75 Å². The Kier molecular flexibility index (Phi) is 6.85. The van der Waals surface area contributed by atoms with Crippen molar-refractivity contribution in [1.82, 2.24) is 0 Å². The molecule has 0 bridgehead atoms. The minimum absolute atomic E-state index is 1.13. The van der Waals surface area contributed by atoms with Crippen LogP contribution >= 0.6 is 0 Å². The zero-order valence-corrected chi connectivity index (χ0v) is 13.2. The first-order valence-corrected chi connectivity index (χ1v) is 7.93. The Morgan fingerprint density at radius 1 is 0.593 bits per heavy atom. The molecule has 3 nitrogen and oxygen atoms in total. The van der Waals surface area contributed by atoms with E-state index in [1.54, 1.807) is 0 Å². The standard InChI is InChI=1S/C10H9F13O3S/c11-5(12,3-1-2-4-27(24,25)26)6(13,14)7(15,16)8(17,18)9(19,20)10(21,22)23/h1-4H2,(H,24,25,26)/p-1. The Hall–Kier alpha value is -1.00. The normalized spacial score (nSPS) is 15.9. The van der Waals surface area contributed by atoms with Crippen LogP contribution in [0.4, 0.5) is 57.1 Å². The van der Waals surface area contributed by atoms with E-state index in [1.165, 1.54) is 0 Å². The number of unbranched alkanes of at least 4 members (excludes halogenated alkanes) is 1. The SMILES string of the molecule is O=S(=O)([O-])CCCCC(F)(F)C(F)(F)C(F)(F)C(F)(F)C(F)(F)C(F)(F)F. The van der Waals surface area contributed by atoms with Crippen LogP contribution in [0.2, 0.25) is 0 Å². The third-order valence-corrected chi connectivity index (χ3v) is 3.92. The molecule has 0 unspecified atom stereocenters. The summed E-state index contributed by atoms with van der Waals surface area (Å²) in [4.78, 5) is 0. The average molecular weight is 455 g/mol. The molecule has 0 spiro atoms. The summed E-state index contributed by atoms with van der Waals surface area (Å²) >= 11 is 0. The zero-order valence-electron chi connectivity index (χ0n) is 12.4. The van der Waals surface area contributed by atoms with Gasteiger partial charge in [-0.3, -0.25) is 0 Å². The van der Waals surface area contributed by atoms with Crippen molar-refractivity contribution in [2.45, 2.75) is 55.1 Å². The highest BCUT2D eigenvalue weighted by Crippen LogP contribution is 2.60. The number of hydrogen-bond acceptors (Lipinski definition) is 3. The van der Waals surface area contributed by atoms with Crippen LogP contribution in [-0.4, -0.2) is 54.5 Å². The Labute approximate surface area is 142 Å². The third kappa shape index (κ3) is 4.71. The van der Waals surface area contributed by atoms with E-state index in [0.29, 0.717) is 0 Å². The third-order valence-electron chi connectivity index (χ3n) is 3.13. The second-order valence-electron chi connectivity index (χ2n) is 5.22. The maximum absolute atomic E-state index is 13.2. The monoisotopic (exact) mass is 455 g/mol. The summed E-state index contributed by atoms with van der Waals surface area (Å²) in [7, 11) is -5.04. The lowest BCUT2D eigenvalue weighted by Gasteiger charge is -2.39. The van der Waals surface area contributed by atoms with Crippen LogP contribution in [0.3, 0.4) is 0 Å². The van der Waals surface area contributed by atoms with Gasteiger partial charge in [-0.05, 0) is 12.8 Å². The molecule has 0 amide bonds. The Bertz CT molecular complexity index is 623. The molecular weight excluding hydrogens is 447 g/mol. The molecule has 0 aromatic carbocycles. The molecule has 0 aliphatic carbocycles. The van der Waals surface area contributed by atoms with E-state index >= 15 is 0 Å². The molecule has 0 fully saturated rings. The molecule has 0 saturated carbocycles. The van der Waals surface area contributed by atoms with Gasteiger partial charge in [0.1, 0.15) is 0 Å². The van der Waals surface area contributed by atoms with Gasteiger partial charge in [0.05, 0.1) is 10.1 Å². The highest BCUT2D eigenvalue weighted by molar-refractivity contribution is 7.85. The molecule has 0 saturated heterocycles. The molecule has 0 aliphatic heterocycles. The zero-order chi connectivity index (χ0) is 22.3. The van der Waals surface area contributed by atoms with Gasteiger partial charge in [-0.2, -0.15) is 57.1 Å². The molecule has 0 N–H and O–H groups in total. The topological polar surface area (TPSA) is 57.2 Å². The number of hydrogen-bond donors (Lipinski definition) is 0. The maximum atomic E-state index is 13.2. The van der Waals surface area contributed by atoms with Crippen LogP contribution in [0.1, 0.15) is 19.3 Å².